The standard InChI is InChI=1S/C72H54N2/c1-48-65(51-23-6-3-7-24-51)45-54-27-16-17-32-60(54)62-35-20-36-68(70(48)62)74(58-40-38-50-22-13-15-26-53(50)44-58)59-41-42-64-66(46-59)72(2,55-28-8-4-9-29-55)67-47-69(61-33-18-19-34-63(61)71(64)67)73(56-30-10-5-11-31-56)57-39-37-49-21-12-14-25-52(49)43-57/h3-44,46-48,65H,45H2,1-2H3. The summed E-state index contributed by atoms with van der Waals surface area (Å²) in [5, 5.41) is 7.34. The first-order valence-corrected chi connectivity index (χ1v) is 26.2. The van der Waals surface area contributed by atoms with Crippen molar-refractivity contribution in [3.8, 4) is 22.3 Å². The molecule has 0 radical (unpaired) electrons. The maximum absolute atomic E-state index is 2.58. The summed E-state index contributed by atoms with van der Waals surface area (Å²) in [6.45, 7) is 4.94. The summed E-state index contributed by atoms with van der Waals surface area (Å²) in [6.07, 6.45) is 0.969. The largest absolute Gasteiger partial charge is 0.310 e. The highest BCUT2D eigenvalue weighted by Gasteiger charge is 2.43. The summed E-state index contributed by atoms with van der Waals surface area (Å²) in [5.41, 5.74) is 19.6. The van der Waals surface area contributed by atoms with E-state index in [0.29, 0.717) is 0 Å². The van der Waals surface area contributed by atoms with Crippen molar-refractivity contribution < 1.29 is 0 Å². The molecule has 0 aliphatic heterocycles. The summed E-state index contributed by atoms with van der Waals surface area (Å²) >= 11 is 0. The number of hydrogen-bond acceptors (Lipinski definition) is 2. The Morgan fingerprint density at radius 1 is 0.378 bits per heavy atom. The van der Waals surface area contributed by atoms with Crippen LogP contribution in [0.5, 0.6) is 0 Å². The minimum absolute atomic E-state index is 0.201. The fourth-order valence-electron chi connectivity index (χ4n) is 13.0. The van der Waals surface area contributed by atoms with Gasteiger partial charge in [-0.3, -0.25) is 0 Å². The number of hydrogen-bond donors (Lipinski definition) is 0. The van der Waals surface area contributed by atoms with Gasteiger partial charge >= 0.3 is 0 Å². The summed E-state index contributed by atoms with van der Waals surface area (Å²) in [5.74, 6) is 0.480. The SMILES string of the molecule is CC1c2c(cccc2N(c2ccc3c(c2)C(C)(c2ccccc2)c2cc(N(c4ccccc4)c4ccc5ccccc5c4)c4ccccc4c2-3)c2ccc3ccccc3c2)-c2ccccc2CC1c1ccccc1. The molecule has 2 aliphatic carbocycles. The van der Waals surface area contributed by atoms with E-state index in [1.165, 1.54) is 93.6 Å². The summed E-state index contributed by atoms with van der Waals surface area (Å²) < 4.78 is 0. The quantitative estimate of drug-likeness (QED) is 0.150. The molecule has 2 aliphatic rings. The van der Waals surface area contributed by atoms with E-state index >= 15 is 0 Å². The lowest BCUT2D eigenvalue weighted by atomic mass is 9.73. The van der Waals surface area contributed by atoms with E-state index in [2.05, 4.69) is 291 Å². The van der Waals surface area contributed by atoms with Gasteiger partial charge in [-0.2, -0.15) is 0 Å². The Bertz CT molecular complexity index is 4100. The molecule has 12 aromatic carbocycles. The van der Waals surface area contributed by atoms with Crippen LogP contribution in [0, 0.1) is 0 Å². The zero-order valence-corrected chi connectivity index (χ0v) is 41.7. The molecule has 0 heterocycles. The Morgan fingerprint density at radius 3 is 1.62 bits per heavy atom. The molecule has 0 saturated heterocycles. The van der Waals surface area contributed by atoms with Gasteiger partial charge < -0.3 is 9.80 Å². The van der Waals surface area contributed by atoms with Gasteiger partial charge in [-0.25, -0.2) is 0 Å². The molecule has 0 amide bonds. The second-order valence-electron chi connectivity index (χ2n) is 20.6. The first-order chi connectivity index (χ1) is 36.5. The maximum atomic E-state index is 2.58. The first kappa shape index (κ1) is 43.8. The molecule has 74 heavy (non-hydrogen) atoms. The average Bonchev–Trinajstić information content (AvgIpc) is 3.68. The fraction of sp³-hybridized carbons (Fsp3) is 0.0833. The van der Waals surface area contributed by atoms with Crippen LogP contribution in [0.4, 0.5) is 34.1 Å². The Kier molecular flexibility index (Phi) is 10.4. The number of benzene rings is 12. The van der Waals surface area contributed by atoms with Crippen molar-refractivity contribution >= 4 is 66.4 Å². The van der Waals surface area contributed by atoms with Crippen molar-refractivity contribution in [2.75, 3.05) is 9.80 Å². The van der Waals surface area contributed by atoms with E-state index < -0.39 is 5.41 Å². The van der Waals surface area contributed by atoms with Gasteiger partial charge in [0.05, 0.1) is 11.4 Å². The highest BCUT2D eigenvalue weighted by atomic mass is 15.2. The topological polar surface area (TPSA) is 6.48 Å². The monoisotopic (exact) mass is 946 g/mol. The second kappa shape index (κ2) is 17.7. The van der Waals surface area contributed by atoms with Gasteiger partial charge in [0.15, 0.2) is 0 Å². The zero-order valence-electron chi connectivity index (χ0n) is 41.7. The normalized spacial score (nSPS) is 16.5. The summed E-state index contributed by atoms with van der Waals surface area (Å²) in [7, 11) is 0. The van der Waals surface area contributed by atoms with Crippen molar-refractivity contribution in [2.45, 2.75) is 37.5 Å². The van der Waals surface area contributed by atoms with Gasteiger partial charge in [-0.15, -0.1) is 0 Å². The van der Waals surface area contributed by atoms with Crippen LogP contribution < -0.4 is 9.80 Å². The summed E-state index contributed by atoms with van der Waals surface area (Å²) in [4.78, 5) is 5.05. The molecule has 0 spiro atoms. The minimum Gasteiger partial charge on any atom is -0.310 e. The van der Waals surface area contributed by atoms with Crippen molar-refractivity contribution in [1.29, 1.82) is 0 Å². The number of fused-ring (bicyclic) bond motifs is 10. The van der Waals surface area contributed by atoms with Gasteiger partial charge in [0, 0.05) is 33.6 Å². The molecule has 2 heteroatoms. The predicted octanol–water partition coefficient (Wildman–Crippen LogP) is 19.5. The van der Waals surface area contributed by atoms with Crippen molar-refractivity contribution in [2.24, 2.45) is 0 Å². The van der Waals surface area contributed by atoms with Gasteiger partial charge in [-0.1, -0.05) is 213 Å². The van der Waals surface area contributed by atoms with E-state index in [-0.39, 0.29) is 11.8 Å². The van der Waals surface area contributed by atoms with Gasteiger partial charge in [-0.05, 0) is 168 Å². The second-order valence-corrected chi connectivity index (χ2v) is 20.6. The van der Waals surface area contributed by atoms with E-state index in [1.54, 1.807) is 0 Å². The van der Waals surface area contributed by atoms with Gasteiger partial charge in [0.1, 0.15) is 0 Å². The number of anilines is 6. The van der Waals surface area contributed by atoms with Crippen LogP contribution in [0.15, 0.2) is 267 Å². The van der Waals surface area contributed by atoms with Crippen LogP contribution in [-0.2, 0) is 11.8 Å². The highest BCUT2D eigenvalue weighted by molar-refractivity contribution is 6.11. The van der Waals surface area contributed by atoms with Gasteiger partial charge in [0.25, 0.3) is 0 Å². The van der Waals surface area contributed by atoms with Crippen LogP contribution in [0.3, 0.4) is 0 Å². The van der Waals surface area contributed by atoms with Crippen molar-refractivity contribution in [1.82, 2.24) is 0 Å². The van der Waals surface area contributed by atoms with E-state index in [4.69, 9.17) is 0 Å². The molecule has 0 bridgehead atoms. The van der Waals surface area contributed by atoms with E-state index in [1.807, 2.05) is 0 Å². The Balaban J connectivity index is 1.02. The zero-order chi connectivity index (χ0) is 49.3. The summed E-state index contributed by atoms with van der Waals surface area (Å²) in [6, 6.07) is 99.8. The minimum atomic E-state index is -0.528. The third-order valence-corrected chi connectivity index (χ3v) is 16.6. The first-order valence-electron chi connectivity index (χ1n) is 26.2. The van der Waals surface area contributed by atoms with Gasteiger partial charge in [0.2, 0.25) is 0 Å². The third-order valence-electron chi connectivity index (χ3n) is 16.6. The smallest absolute Gasteiger partial charge is 0.0543 e. The highest BCUT2D eigenvalue weighted by Crippen LogP contribution is 2.59. The molecule has 0 N–H and O–H groups in total. The molecule has 0 fully saturated rings. The number of rotatable bonds is 8. The lowest BCUT2D eigenvalue weighted by molar-refractivity contribution is 0.580. The van der Waals surface area contributed by atoms with E-state index in [9.17, 15) is 0 Å². The predicted molar refractivity (Wildman–Crippen MR) is 312 cm³/mol. The molecule has 352 valence electrons. The molecule has 0 saturated carbocycles. The van der Waals surface area contributed by atoms with Crippen LogP contribution >= 0.6 is 0 Å². The molecule has 14 rings (SSSR count). The Labute approximate surface area is 434 Å². The molecular weight excluding hydrogens is 893 g/mol. The van der Waals surface area contributed by atoms with Crippen LogP contribution in [0.2, 0.25) is 0 Å². The van der Waals surface area contributed by atoms with Crippen LogP contribution in [-0.4, -0.2) is 0 Å². The van der Waals surface area contributed by atoms with Crippen molar-refractivity contribution in [3.05, 3.63) is 300 Å². The molecule has 12 aromatic rings. The lowest BCUT2D eigenvalue weighted by Gasteiger charge is -2.34. The fourth-order valence-corrected chi connectivity index (χ4v) is 13.0. The Hall–Kier alpha value is -8.98. The third kappa shape index (κ3) is 7.01. The lowest BCUT2D eigenvalue weighted by Crippen LogP contribution is -2.23. The number of nitrogens with zero attached hydrogens (tertiary/aromatic N) is 2. The van der Waals surface area contributed by atoms with Crippen LogP contribution in [0.25, 0.3) is 54.6 Å². The molecular formula is C72H54N2. The molecule has 3 unspecified atom stereocenters. The molecule has 2 nitrogen and oxygen atoms in total. The maximum Gasteiger partial charge on any atom is 0.0543 e. The van der Waals surface area contributed by atoms with E-state index in [0.717, 1.165) is 34.9 Å². The Morgan fingerprint density at radius 2 is 0.919 bits per heavy atom. The number of para-hydroxylation sites is 1. The van der Waals surface area contributed by atoms with Crippen LogP contribution in [0.1, 0.15) is 59.1 Å². The molecule has 3 atom stereocenters. The molecule has 0 aromatic heterocycles. The average molecular weight is 947 g/mol. The van der Waals surface area contributed by atoms with Crippen molar-refractivity contribution in [3.63, 3.8) is 0 Å².